The first-order valence-electron chi connectivity index (χ1n) is 3.45. The van der Waals surface area contributed by atoms with Gasteiger partial charge in [-0.25, -0.2) is 9.90 Å². The molecule has 6 heteroatoms. The molecule has 0 spiro atoms. The van der Waals surface area contributed by atoms with Gasteiger partial charge in [0, 0.05) is 0 Å². The van der Waals surface area contributed by atoms with Crippen molar-refractivity contribution in [2.45, 2.75) is 25.1 Å². The molecule has 1 unspecified atom stereocenters. The Labute approximate surface area is 66.6 Å². The summed E-state index contributed by atoms with van der Waals surface area (Å²) in [6, 6.07) is -1.94. The van der Waals surface area contributed by atoms with Gasteiger partial charge in [0.15, 0.2) is 0 Å². The van der Waals surface area contributed by atoms with Crippen molar-refractivity contribution in [3.05, 3.63) is 0 Å². The number of carbonyl (C=O) groups is 1. The second kappa shape index (κ2) is 2.84. The molecule has 1 saturated carbocycles. The van der Waals surface area contributed by atoms with E-state index in [1.54, 1.807) is 0 Å². The number of amides is 1. The van der Waals surface area contributed by atoms with Gasteiger partial charge in [0.1, 0.15) is 6.04 Å². The normalized spacial score (nSPS) is 20.2. The molecule has 0 aliphatic heterocycles. The minimum absolute atomic E-state index is 0.421. The van der Waals surface area contributed by atoms with Crippen LogP contribution in [-0.2, 0) is 5.11 Å². The van der Waals surface area contributed by atoms with Crippen LogP contribution in [0.2, 0.25) is 0 Å². The largest absolute Gasteiger partial charge is 0.451 e. The lowest BCUT2D eigenvalue weighted by Crippen LogP contribution is -2.46. The van der Waals surface area contributed by atoms with Crippen molar-refractivity contribution in [3.63, 3.8) is 0 Å². The first-order chi connectivity index (χ1) is 5.41. The molecule has 0 bridgehead atoms. The zero-order valence-electron chi connectivity index (χ0n) is 6.02. The summed E-state index contributed by atoms with van der Waals surface area (Å²) in [6.07, 6.45) is -5.53. The summed E-state index contributed by atoms with van der Waals surface area (Å²) in [7, 11) is 0. The van der Waals surface area contributed by atoms with Crippen molar-refractivity contribution in [2.75, 3.05) is 0 Å². The summed E-state index contributed by atoms with van der Waals surface area (Å²) < 4.78 is 36.1. The third-order valence-electron chi connectivity index (χ3n) is 1.72. The van der Waals surface area contributed by atoms with Crippen LogP contribution < -0.4 is 5.32 Å². The summed E-state index contributed by atoms with van der Waals surface area (Å²) in [5.41, 5.74) is 0. The summed E-state index contributed by atoms with van der Waals surface area (Å²) >= 11 is 0. The van der Waals surface area contributed by atoms with E-state index in [4.69, 9.17) is 0 Å². The van der Waals surface area contributed by atoms with E-state index in [2.05, 4.69) is 0 Å². The van der Waals surface area contributed by atoms with Crippen LogP contribution in [0.15, 0.2) is 0 Å². The van der Waals surface area contributed by atoms with E-state index in [0.717, 1.165) is 0 Å². The average molecular weight is 182 g/mol. The molecule has 1 radical (unpaired) electrons. The predicted molar refractivity (Wildman–Crippen MR) is 31.8 cm³/mol. The van der Waals surface area contributed by atoms with E-state index >= 15 is 0 Å². The van der Waals surface area contributed by atoms with Gasteiger partial charge < -0.3 is 5.32 Å². The highest BCUT2D eigenvalue weighted by Gasteiger charge is 2.49. The van der Waals surface area contributed by atoms with Crippen LogP contribution in [0.3, 0.4) is 0 Å². The highest BCUT2D eigenvalue weighted by molar-refractivity contribution is 5.64. The minimum atomic E-state index is -4.50. The average Bonchev–Trinajstić information content (AvgIpc) is 2.60. The van der Waals surface area contributed by atoms with E-state index in [-0.39, 0.29) is 0 Å². The molecule has 1 atom stereocenters. The van der Waals surface area contributed by atoms with Crippen molar-refractivity contribution in [2.24, 2.45) is 5.92 Å². The number of halogens is 3. The molecule has 3 nitrogen and oxygen atoms in total. The Balaban J connectivity index is 2.54. The Kier molecular flexibility index (Phi) is 2.16. The van der Waals surface area contributed by atoms with Gasteiger partial charge >= 0.3 is 12.3 Å². The summed E-state index contributed by atoms with van der Waals surface area (Å²) in [6.45, 7) is 0. The molecule has 0 heterocycles. The summed E-state index contributed by atoms with van der Waals surface area (Å²) in [5.74, 6) is -0.595. The van der Waals surface area contributed by atoms with Gasteiger partial charge in [-0.05, 0) is 18.8 Å². The summed E-state index contributed by atoms with van der Waals surface area (Å²) in [5, 5.41) is 11.2. The van der Waals surface area contributed by atoms with Gasteiger partial charge in [-0.15, -0.1) is 0 Å². The molecule has 1 N–H and O–H groups in total. The lowest BCUT2D eigenvalue weighted by atomic mass is 10.2. The van der Waals surface area contributed by atoms with Crippen molar-refractivity contribution in [1.29, 1.82) is 0 Å². The van der Waals surface area contributed by atoms with Crippen molar-refractivity contribution >= 4 is 6.09 Å². The topological polar surface area (TPSA) is 49.0 Å². The number of hydrogen-bond acceptors (Lipinski definition) is 1. The van der Waals surface area contributed by atoms with Crippen LogP contribution in [-0.4, -0.2) is 18.3 Å². The molecule has 1 rings (SSSR count). The van der Waals surface area contributed by atoms with E-state index in [0.29, 0.717) is 12.8 Å². The molecule has 1 aliphatic rings. The Morgan fingerprint density at radius 3 is 2.17 bits per heavy atom. The van der Waals surface area contributed by atoms with Gasteiger partial charge in [0.05, 0.1) is 0 Å². The van der Waals surface area contributed by atoms with E-state index in [1.165, 1.54) is 5.32 Å². The standard InChI is InChI=1S/C6H7F3NO2/c7-6(8,9)4(3-1-2-3)10-5(11)12/h3-4,10H,1-2H2. The first-order valence-corrected chi connectivity index (χ1v) is 3.45. The van der Waals surface area contributed by atoms with Gasteiger partial charge in [-0.3, -0.25) is 0 Å². The fourth-order valence-electron chi connectivity index (χ4n) is 1.02. The van der Waals surface area contributed by atoms with Crippen LogP contribution >= 0.6 is 0 Å². The van der Waals surface area contributed by atoms with Gasteiger partial charge in [-0.2, -0.15) is 13.2 Å². The molecule has 1 aliphatic carbocycles. The first kappa shape index (κ1) is 9.15. The SMILES string of the molecule is [O]C(=O)NC(C1CC1)C(F)(F)F. The molecule has 0 aromatic heterocycles. The Bertz CT molecular complexity index is 188. The second-order valence-electron chi connectivity index (χ2n) is 2.79. The van der Waals surface area contributed by atoms with E-state index in [9.17, 15) is 23.1 Å². The zero-order valence-corrected chi connectivity index (χ0v) is 6.02. The maximum absolute atomic E-state index is 12.0. The molecule has 1 fully saturated rings. The van der Waals surface area contributed by atoms with Crippen LogP contribution in [0, 0.1) is 5.92 Å². The predicted octanol–water partition coefficient (Wildman–Crippen LogP) is 1.47. The maximum Gasteiger partial charge on any atom is 0.451 e. The third-order valence-corrected chi connectivity index (χ3v) is 1.72. The zero-order chi connectivity index (χ0) is 9.35. The van der Waals surface area contributed by atoms with E-state index in [1.807, 2.05) is 0 Å². The number of hydrogen-bond donors (Lipinski definition) is 1. The van der Waals surface area contributed by atoms with Crippen LogP contribution in [0.25, 0.3) is 0 Å². The smallest absolute Gasteiger partial charge is 0.306 e. The Morgan fingerprint density at radius 1 is 1.42 bits per heavy atom. The quantitative estimate of drug-likeness (QED) is 0.690. The molecular weight excluding hydrogens is 175 g/mol. The molecule has 69 valence electrons. The highest BCUT2D eigenvalue weighted by atomic mass is 19.4. The molecule has 0 saturated heterocycles. The Morgan fingerprint density at radius 2 is 1.92 bits per heavy atom. The number of carbonyl (C=O) groups excluding carboxylic acids is 1. The molecule has 12 heavy (non-hydrogen) atoms. The van der Waals surface area contributed by atoms with E-state index < -0.39 is 24.2 Å². The lowest BCUT2D eigenvalue weighted by Gasteiger charge is -2.18. The summed E-state index contributed by atoms with van der Waals surface area (Å²) in [4.78, 5) is 9.87. The molecule has 1 amide bonds. The number of alkyl halides is 3. The van der Waals surface area contributed by atoms with Crippen molar-refractivity contribution in [1.82, 2.24) is 5.32 Å². The van der Waals surface area contributed by atoms with Crippen LogP contribution in [0.4, 0.5) is 18.0 Å². The molecule has 0 aromatic rings. The highest BCUT2D eigenvalue weighted by Crippen LogP contribution is 2.39. The molecule has 0 aromatic carbocycles. The lowest BCUT2D eigenvalue weighted by molar-refractivity contribution is -0.158. The monoisotopic (exact) mass is 182 g/mol. The van der Waals surface area contributed by atoms with Gasteiger partial charge in [-0.1, -0.05) is 0 Å². The fourth-order valence-corrected chi connectivity index (χ4v) is 1.02. The number of rotatable bonds is 2. The maximum atomic E-state index is 12.0. The van der Waals surface area contributed by atoms with Gasteiger partial charge in [0.2, 0.25) is 0 Å². The fraction of sp³-hybridized carbons (Fsp3) is 0.833. The van der Waals surface area contributed by atoms with Crippen LogP contribution in [0.5, 0.6) is 0 Å². The van der Waals surface area contributed by atoms with Crippen molar-refractivity contribution < 1.29 is 23.1 Å². The minimum Gasteiger partial charge on any atom is -0.306 e. The van der Waals surface area contributed by atoms with Crippen LogP contribution in [0.1, 0.15) is 12.8 Å². The van der Waals surface area contributed by atoms with Crippen molar-refractivity contribution in [3.8, 4) is 0 Å². The second-order valence-corrected chi connectivity index (χ2v) is 2.79. The third kappa shape index (κ3) is 2.28. The Hall–Kier alpha value is -0.940. The van der Waals surface area contributed by atoms with Gasteiger partial charge in [0.25, 0.3) is 0 Å². The number of nitrogens with one attached hydrogen (secondary N) is 1. The molecular formula is C6H7F3NO2.